The van der Waals surface area contributed by atoms with Crippen LogP contribution in [0.3, 0.4) is 0 Å². The Balaban J connectivity index is 1.27. The normalized spacial score (nSPS) is 18.2. The van der Waals surface area contributed by atoms with Crippen LogP contribution in [0.25, 0.3) is 22.2 Å². The number of hydrogen-bond acceptors (Lipinski definition) is 4. The molecule has 3 aromatic rings. The molecule has 0 radical (unpaired) electrons. The quantitative estimate of drug-likeness (QED) is 0.646. The number of aryl methyl sites for hydroxylation is 2. The molecule has 8 nitrogen and oxygen atoms in total. The van der Waals surface area contributed by atoms with Gasteiger partial charge in [-0.05, 0) is 25.3 Å². The monoisotopic (exact) mass is 435 g/mol. The third-order valence-corrected chi connectivity index (χ3v) is 6.38. The second kappa shape index (κ2) is 8.78. The summed E-state index contributed by atoms with van der Waals surface area (Å²) in [6.07, 6.45) is 5.44. The highest BCUT2D eigenvalue weighted by Crippen LogP contribution is 2.33. The summed E-state index contributed by atoms with van der Waals surface area (Å²) in [5.74, 6) is 0.669. The number of para-hydroxylation sites is 1. The molecule has 1 aromatic carbocycles. The molecule has 0 aliphatic carbocycles. The number of fused-ring (bicyclic) bond motifs is 2. The van der Waals surface area contributed by atoms with Gasteiger partial charge in [0.2, 0.25) is 11.8 Å². The number of nitrogens with one attached hydrogen (secondary N) is 1. The number of carbonyl (C=O) groups is 2. The molecule has 1 fully saturated rings. The summed E-state index contributed by atoms with van der Waals surface area (Å²) in [4.78, 5) is 26.9. The van der Waals surface area contributed by atoms with Crippen molar-refractivity contribution in [2.45, 2.75) is 44.8 Å². The van der Waals surface area contributed by atoms with Gasteiger partial charge in [-0.1, -0.05) is 18.2 Å². The van der Waals surface area contributed by atoms with Crippen LogP contribution in [0.5, 0.6) is 0 Å². The minimum absolute atomic E-state index is 0.0393. The number of ether oxygens (including phenoxy) is 1. The van der Waals surface area contributed by atoms with Crippen LogP contribution in [0.2, 0.25) is 0 Å². The van der Waals surface area contributed by atoms with Crippen molar-refractivity contribution in [2.75, 3.05) is 24.6 Å². The Morgan fingerprint density at radius 1 is 1.19 bits per heavy atom. The fraction of sp³-hybridized carbons (Fsp3) is 0.458. The minimum Gasteiger partial charge on any atom is -0.376 e. The van der Waals surface area contributed by atoms with Crippen LogP contribution in [-0.2, 0) is 27.9 Å². The molecular weight excluding hydrogens is 406 g/mol. The van der Waals surface area contributed by atoms with E-state index >= 15 is 0 Å². The van der Waals surface area contributed by atoms with Crippen molar-refractivity contribution in [1.29, 1.82) is 0 Å². The molecule has 0 saturated carbocycles. The Labute approximate surface area is 187 Å². The van der Waals surface area contributed by atoms with Gasteiger partial charge in [-0.2, -0.15) is 5.10 Å². The zero-order valence-electron chi connectivity index (χ0n) is 18.4. The molecule has 2 aromatic heterocycles. The summed E-state index contributed by atoms with van der Waals surface area (Å²) in [5.41, 5.74) is 3.08. The molecule has 2 amide bonds. The first-order chi connectivity index (χ1) is 15.6. The maximum atomic E-state index is 13.0. The standard InChI is InChI=1S/C24H29N5O3/c1-27-16-19(18-7-2-3-8-21(18)27)20-14-23-28(11-5-12-29(23)26-20)24(31)10-9-22(30)25-15-17-6-4-13-32-17/h2-3,7-8,14,16-17H,4-6,9-13,15H2,1H3,(H,25,30)/t17-/m1/s1. The number of amides is 2. The van der Waals surface area contributed by atoms with Crippen LogP contribution in [0.4, 0.5) is 5.82 Å². The molecule has 5 rings (SSSR count). The number of aromatic nitrogens is 3. The number of anilines is 1. The predicted octanol–water partition coefficient (Wildman–Crippen LogP) is 2.85. The number of benzene rings is 1. The lowest BCUT2D eigenvalue weighted by Crippen LogP contribution is -2.38. The fourth-order valence-corrected chi connectivity index (χ4v) is 4.69. The highest BCUT2D eigenvalue weighted by atomic mass is 16.5. The van der Waals surface area contributed by atoms with Gasteiger partial charge in [0.1, 0.15) is 5.82 Å². The number of hydrogen-bond donors (Lipinski definition) is 1. The van der Waals surface area contributed by atoms with E-state index in [1.54, 1.807) is 4.90 Å². The van der Waals surface area contributed by atoms with Gasteiger partial charge < -0.3 is 14.6 Å². The predicted molar refractivity (Wildman–Crippen MR) is 122 cm³/mol. The molecular formula is C24H29N5O3. The van der Waals surface area contributed by atoms with Crippen LogP contribution in [0.1, 0.15) is 32.1 Å². The van der Waals surface area contributed by atoms with E-state index in [0.717, 1.165) is 60.4 Å². The largest absolute Gasteiger partial charge is 0.376 e. The van der Waals surface area contributed by atoms with Gasteiger partial charge in [-0.25, -0.2) is 4.68 Å². The third kappa shape index (κ3) is 4.02. The number of rotatable bonds is 6. The molecule has 2 aliphatic rings. The summed E-state index contributed by atoms with van der Waals surface area (Å²) in [6, 6.07) is 10.2. The summed E-state index contributed by atoms with van der Waals surface area (Å²) in [5, 5.41) is 8.84. The van der Waals surface area contributed by atoms with Crippen molar-refractivity contribution in [1.82, 2.24) is 19.7 Å². The molecule has 168 valence electrons. The average molecular weight is 436 g/mol. The number of carbonyl (C=O) groups excluding carboxylic acids is 2. The summed E-state index contributed by atoms with van der Waals surface area (Å²) in [7, 11) is 2.03. The summed E-state index contributed by atoms with van der Waals surface area (Å²) >= 11 is 0. The molecule has 0 bridgehead atoms. The molecule has 4 heterocycles. The Kier molecular flexibility index (Phi) is 5.70. The molecule has 1 saturated heterocycles. The van der Waals surface area contributed by atoms with Crippen LogP contribution >= 0.6 is 0 Å². The maximum absolute atomic E-state index is 13.0. The van der Waals surface area contributed by atoms with Crippen molar-refractivity contribution in [3.05, 3.63) is 36.5 Å². The highest BCUT2D eigenvalue weighted by molar-refractivity contribution is 5.98. The lowest BCUT2D eigenvalue weighted by Gasteiger charge is -2.27. The van der Waals surface area contributed by atoms with E-state index in [0.29, 0.717) is 13.1 Å². The van der Waals surface area contributed by atoms with E-state index in [-0.39, 0.29) is 30.8 Å². The average Bonchev–Trinajstić information content (AvgIpc) is 3.55. The van der Waals surface area contributed by atoms with Gasteiger partial charge in [0.25, 0.3) is 0 Å². The Hall–Kier alpha value is -3.13. The molecule has 1 N–H and O–H groups in total. The van der Waals surface area contributed by atoms with Gasteiger partial charge in [-0.15, -0.1) is 0 Å². The van der Waals surface area contributed by atoms with Crippen LogP contribution in [-0.4, -0.2) is 52.0 Å². The zero-order valence-corrected chi connectivity index (χ0v) is 18.4. The second-order valence-corrected chi connectivity index (χ2v) is 8.62. The van der Waals surface area contributed by atoms with Crippen LogP contribution in [0.15, 0.2) is 36.5 Å². The Morgan fingerprint density at radius 2 is 2.06 bits per heavy atom. The van der Waals surface area contributed by atoms with Crippen LogP contribution in [0, 0.1) is 0 Å². The van der Waals surface area contributed by atoms with Gasteiger partial charge >= 0.3 is 0 Å². The van der Waals surface area contributed by atoms with E-state index < -0.39 is 0 Å². The van der Waals surface area contributed by atoms with Gasteiger partial charge in [0.15, 0.2) is 0 Å². The summed E-state index contributed by atoms with van der Waals surface area (Å²) < 4.78 is 9.54. The van der Waals surface area contributed by atoms with Crippen molar-refractivity contribution in [3.63, 3.8) is 0 Å². The lowest BCUT2D eigenvalue weighted by atomic mass is 10.1. The van der Waals surface area contributed by atoms with Gasteiger partial charge in [-0.3, -0.25) is 14.5 Å². The van der Waals surface area contributed by atoms with E-state index in [1.807, 2.05) is 29.9 Å². The van der Waals surface area contributed by atoms with Crippen LogP contribution < -0.4 is 10.2 Å². The number of nitrogens with zero attached hydrogens (tertiary/aromatic N) is 4. The van der Waals surface area contributed by atoms with Crippen molar-refractivity contribution < 1.29 is 14.3 Å². The molecule has 0 spiro atoms. The van der Waals surface area contributed by atoms with Crippen molar-refractivity contribution in [3.8, 4) is 11.3 Å². The molecule has 1 atom stereocenters. The topological polar surface area (TPSA) is 81.4 Å². The third-order valence-electron chi connectivity index (χ3n) is 6.38. The first kappa shape index (κ1) is 20.8. The molecule has 32 heavy (non-hydrogen) atoms. The maximum Gasteiger partial charge on any atom is 0.228 e. The smallest absolute Gasteiger partial charge is 0.228 e. The molecule has 2 aliphatic heterocycles. The van der Waals surface area contributed by atoms with E-state index in [1.165, 1.54) is 0 Å². The van der Waals surface area contributed by atoms with Crippen molar-refractivity contribution in [2.24, 2.45) is 7.05 Å². The summed E-state index contributed by atoms with van der Waals surface area (Å²) in [6.45, 7) is 2.73. The van der Waals surface area contributed by atoms with E-state index in [9.17, 15) is 9.59 Å². The first-order valence-corrected chi connectivity index (χ1v) is 11.4. The highest BCUT2D eigenvalue weighted by Gasteiger charge is 2.26. The minimum atomic E-state index is -0.101. The lowest BCUT2D eigenvalue weighted by molar-refractivity contribution is -0.125. The molecule has 8 heteroatoms. The van der Waals surface area contributed by atoms with Gasteiger partial charge in [0, 0.05) is 74.9 Å². The first-order valence-electron chi connectivity index (χ1n) is 11.4. The van der Waals surface area contributed by atoms with Gasteiger partial charge in [0.05, 0.1) is 11.8 Å². The van der Waals surface area contributed by atoms with E-state index in [4.69, 9.17) is 9.84 Å². The van der Waals surface area contributed by atoms with E-state index in [2.05, 4.69) is 28.2 Å². The fourth-order valence-electron chi connectivity index (χ4n) is 4.69. The van der Waals surface area contributed by atoms with Crippen molar-refractivity contribution >= 4 is 28.5 Å². The zero-order chi connectivity index (χ0) is 22.1. The Bertz CT molecular complexity index is 1140. The SMILES string of the molecule is Cn1cc(-c2cc3n(n2)CCCN3C(=O)CCC(=O)NC[C@H]2CCCO2)c2ccccc21. The molecule has 0 unspecified atom stereocenters. The second-order valence-electron chi connectivity index (χ2n) is 8.62. The Morgan fingerprint density at radius 3 is 2.91 bits per heavy atom.